The molecule has 0 saturated heterocycles. The fourth-order valence-electron chi connectivity index (χ4n) is 0.552. The van der Waals surface area contributed by atoms with Crippen LogP contribution in [0.3, 0.4) is 0 Å². The Hall–Kier alpha value is -0.700. The molecule has 9 heavy (non-hydrogen) atoms. The second kappa shape index (κ2) is 2.73. The summed E-state index contributed by atoms with van der Waals surface area (Å²) in [6.45, 7) is 2.84. The molecular weight excluding hydrogens is 138 g/mol. The Balaban J connectivity index is 2.61. The van der Waals surface area contributed by atoms with Gasteiger partial charge in [0.15, 0.2) is 5.15 Å². The number of rotatable bonds is 2. The topological polar surface area (TPSA) is 29.9 Å². The molecule has 0 aliphatic rings. The number of aromatic nitrogens is 2. The second-order valence-electron chi connectivity index (χ2n) is 1.59. The fourth-order valence-corrected chi connectivity index (χ4v) is 0.690. The van der Waals surface area contributed by atoms with E-state index in [9.17, 15) is 0 Å². The molecule has 0 fully saturated rings. The van der Waals surface area contributed by atoms with Gasteiger partial charge in [-0.3, -0.25) is 0 Å². The van der Waals surface area contributed by atoms with Gasteiger partial charge in [-0.1, -0.05) is 11.6 Å². The zero-order chi connectivity index (χ0) is 6.69. The maximum absolute atomic E-state index is 5.52. The van der Waals surface area contributed by atoms with Gasteiger partial charge in [0, 0.05) is 6.54 Å². The molecule has 0 amide bonds. The lowest BCUT2D eigenvalue weighted by molar-refractivity contribution is 0.747. The average molecular weight is 146 g/mol. The lowest BCUT2D eigenvalue weighted by Crippen LogP contribution is -2.13. The van der Waals surface area contributed by atoms with E-state index in [4.69, 9.17) is 11.6 Å². The minimum Gasteiger partial charge on any atom is -0.310 e. The van der Waals surface area contributed by atoms with E-state index in [1.165, 1.54) is 0 Å². The van der Waals surface area contributed by atoms with Gasteiger partial charge in [-0.05, 0) is 13.0 Å². The van der Waals surface area contributed by atoms with Gasteiger partial charge in [-0.2, -0.15) is 4.79 Å². The van der Waals surface area contributed by atoms with E-state index in [-0.39, 0.29) is 0 Å². The lowest BCUT2D eigenvalue weighted by Gasteiger charge is -1.98. The smallest absolute Gasteiger partial charge is 0.153 e. The Labute approximate surface area is 58.6 Å². The lowest BCUT2D eigenvalue weighted by atomic mass is 10.7. The highest BCUT2D eigenvalue weighted by atomic mass is 35.5. The molecule has 4 heteroatoms. The fraction of sp³-hybridized carbons (Fsp3) is 0.400. The molecule has 1 rings (SSSR count). The van der Waals surface area contributed by atoms with Gasteiger partial charge in [0.25, 0.3) is 0 Å². The summed E-state index contributed by atoms with van der Waals surface area (Å²) in [5.74, 6) is 0. The molecule has 0 bridgehead atoms. The average Bonchev–Trinajstić information content (AvgIpc) is 2.17. The first-order valence-electron chi connectivity index (χ1n) is 2.78. The van der Waals surface area contributed by atoms with Crippen LogP contribution in [0.5, 0.6) is 0 Å². The van der Waals surface area contributed by atoms with E-state index in [2.05, 4.69) is 10.5 Å². The minimum atomic E-state index is 0.510. The van der Waals surface area contributed by atoms with Gasteiger partial charge in [-0.25, -0.2) is 0 Å². The Bertz CT molecular complexity index is 184. The minimum absolute atomic E-state index is 0.510. The standard InChI is InChI=1S/C5H8ClN3/c1-2-7-9-4-3-5(6)8-9/h3-4,7H,2H2,1H3. The third-order valence-electron chi connectivity index (χ3n) is 0.877. The Morgan fingerprint density at radius 2 is 2.67 bits per heavy atom. The van der Waals surface area contributed by atoms with Crippen molar-refractivity contribution in [2.24, 2.45) is 0 Å². The van der Waals surface area contributed by atoms with Crippen LogP contribution >= 0.6 is 11.6 Å². The van der Waals surface area contributed by atoms with Crippen LogP contribution in [0.2, 0.25) is 5.15 Å². The Morgan fingerprint density at radius 3 is 3.11 bits per heavy atom. The maximum Gasteiger partial charge on any atom is 0.153 e. The SMILES string of the molecule is CCNn1ccc(Cl)n1. The third kappa shape index (κ3) is 1.61. The van der Waals surface area contributed by atoms with Crippen molar-refractivity contribution in [2.45, 2.75) is 6.92 Å². The van der Waals surface area contributed by atoms with Crippen molar-refractivity contribution in [2.75, 3.05) is 12.0 Å². The third-order valence-corrected chi connectivity index (χ3v) is 1.08. The molecule has 0 aromatic carbocycles. The first-order valence-corrected chi connectivity index (χ1v) is 3.16. The van der Waals surface area contributed by atoms with Crippen molar-refractivity contribution in [3.8, 4) is 0 Å². The predicted molar refractivity (Wildman–Crippen MR) is 37.1 cm³/mol. The summed E-state index contributed by atoms with van der Waals surface area (Å²) in [5, 5.41) is 4.38. The molecule has 0 saturated carbocycles. The van der Waals surface area contributed by atoms with Gasteiger partial charge >= 0.3 is 0 Å². The number of halogens is 1. The molecule has 1 N–H and O–H groups in total. The van der Waals surface area contributed by atoms with Crippen molar-refractivity contribution in [3.05, 3.63) is 17.4 Å². The van der Waals surface area contributed by atoms with Crippen molar-refractivity contribution >= 4 is 11.6 Å². The van der Waals surface area contributed by atoms with E-state index in [0.717, 1.165) is 6.54 Å². The maximum atomic E-state index is 5.52. The molecule has 0 radical (unpaired) electrons. The van der Waals surface area contributed by atoms with Crippen molar-refractivity contribution < 1.29 is 0 Å². The van der Waals surface area contributed by atoms with Crippen molar-refractivity contribution in [3.63, 3.8) is 0 Å². The van der Waals surface area contributed by atoms with Crippen LogP contribution in [0, 0.1) is 0 Å². The number of hydrogen-bond donors (Lipinski definition) is 1. The summed E-state index contributed by atoms with van der Waals surface area (Å²) in [5.41, 5.74) is 2.95. The molecule has 3 nitrogen and oxygen atoms in total. The van der Waals surface area contributed by atoms with Crippen LogP contribution in [0.4, 0.5) is 0 Å². The highest BCUT2D eigenvalue weighted by Gasteiger charge is 1.89. The van der Waals surface area contributed by atoms with E-state index in [1.54, 1.807) is 17.1 Å². The van der Waals surface area contributed by atoms with E-state index < -0.39 is 0 Å². The zero-order valence-electron chi connectivity index (χ0n) is 5.13. The second-order valence-corrected chi connectivity index (χ2v) is 1.98. The van der Waals surface area contributed by atoms with Crippen LogP contribution in [0.15, 0.2) is 12.3 Å². The van der Waals surface area contributed by atoms with Crippen LogP contribution in [-0.2, 0) is 0 Å². The molecule has 0 spiro atoms. The monoisotopic (exact) mass is 145 g/mol. The van der Waals surface area contributed by atoms with Crippen molar-refractivity contribution in [1.82, 2.24) is 9.89 Å². The van der Waals surface area contributed by atoms with Gasteiger partial charge in [0.1, 0.15) is 0 Å². The zero-order valence-corrected chi connectivity index (χ0v) is 5.89. The number of nitrogens with one attached hydrogen (secondary N) is 1. The van der Waals surface area contributed by atoms with E-state index >= 15 is 0 Å². The molecule has 0 unspecified atom stereocenters. The molecular formula is C5H8ClN3. The van der Waals surface area contributed by atoms with E-state index in [1.807, 2.05) is 6.92 Å². The van der Waals surface area contributed by atoms with Gasteiger partial charge in [0.05, 0.1) is 6.20 Å². The molecule has 50 valence electrons. The largest absolute Gasteiger partial charge is 0.310 e. The van der Waals surface area contributed by atoms with Crippen LogP contribution in [-0.4, -0.2) is 16.4 Å². The summed E-state index contributed by atoms with van der Waals surface area (Å²) in [4.78, 5) is 1.59. The molecule has 1 heterocycles. The summed E-state index contributed by atoms with van der Waals surface area (Å²) in [7, 11) is 0. The van der Waals surface area contributed by atoms with Crippen LogP contribution in [0.25, 0.3) is 0 Å². The molecule has 1 aromatic rings. The summed E-state index contributed by atoms with van der Waals surface area (Å²) >= 11 is 5.52. The molecule has 1 aromatic heterocycles. The summed E-state index contributed by atoms with van der Waals surface area (Å²) in [6.07, 6.45) is 1.77. The first-order chi connectivity index (χ1) is 4.33. The van der Waals surface area contributed by atoms with Gasteiger partial charge < -0.3 is 5.43 Å². The molecule has 0 atom stereocenters. The van der Waals surface area contributed by atoms with Crippen LogP contribution < -0.4 is 5.43 Å². The normalized spacial score (nSPS) is 9.56. The van der Waals surface area contributed by atoms with Gasteiger partial charge in [-0.15, -0.1) is 5.10 Å². The molecule has 0 aliphatic carbocycles. The Kier molecular flexibility index (Phi) is 1.95. The highest BCUT2D eigenvalue weighted by molar-refractivity contribution is 6.29. The van der Waals surface area contributed by atoms with Crippen molar-refractivity contribution in [1.29, 1.82) is 0 Å². The molecule has 0 aliphatic heterocycles. The van der Waals surface area contributed by atoms with E-state index in [0.29, 0.717) is 5.15 Å². The van der Waals surface area contributed by atoms with Gasteiger partial charge in [0.2, 0.25) is 0 Å². The first kappa shape index (κ1) is 6.42. The summed E-state index contributed by atoms with van der Waals surface area (Å²) < 4.78 is 0. The Morgan fingerprint density at radius 1 is 1.89 bits per heavy atom. The summed E-state index contributed by atoms with van der Waals surface area (Å²) in [6, 6.07) is 1.73. The van der Waals surface area contributed by atoms with Crippen LogP contribution in [0.1, 0.15) is 6.92 Å². The number of nitrogens with zero attached hydrogens (tertiary/aromatic N) is 2. The highest BCUT2D eigenvalue weighted by Crippen LogP contribution is 1.99. The predicted octanol–water partition coefficient (Wildman–Crippen LogP) is 1.10. The quantitative estimate of drug-likeness (QED) is 0.676. The number of hydrogen-bond acceptors (Lipinski definition) is 2.